The molecule has 0 aromatic heterocycles. The lowest BCUT2D eigenvalue weighted by Gasteiger charge is -2.07. The second-order valence-corrected chi connectivity index (χ2v) is 2.86. The van der Waals surface area contributed by atoms with Crippen LogP contribution in [-0.4, -0.2) is 29.0 Å². The van der Waals surface area contributed by atoms with Crippen molar-refractivity contribution in [2.24, 2.45) is 0 Å². The zero-order valence-corrected chi connectivity index (χ0v) is 6.85. The number of carbonyl (C=O) groups excluding carboxylic acids is 1. The van der Waals surface area contributed by atoms with E-state index < -0.39 is 11.5 Å². The number of rotatable bonds is 3. The standard InChI is InChI=1S/C6H12ClNO2/c1-4(9)3-8-6(10)5(2)7/h4-5,9H,3H2,1-2H3,(H,8,10)/t4-,5?/m1/s1. The number of aliphatic hydroxyl groups excluding tert-OH is 1. The maximum absolute atomic E-state index is 10.7. The summed E-state index contributed by atoms with van der Waals surface area (Å²) in [6, 6.07) is 0. The minimum Gasteiger partial charge on any atom is -0.392 e. The molecule has 4 heteroatoms. The number of carbonyl (C=O) groups is 1. The number of hydrogen-bond donors (Lipinski definition) is 2. The van der Waals surface area contributed by atoms with Crippen molar-refractivity contribution in [1.82, 2.24) is 5.32 Å². The second kappa shape index (κ2) is 4.52. The molecule has 0 fully saturated rings. The van der Waals surface area contributed by atoms with E-state index in [0.717, 1.165) is 0 Å². The maximum atomic E-state index is 10.7. The monoisotopic (exact) mass is 165 g/mol. The van der Waals surface area contributed by atoms with E-state index in [0.29, 0.717) is 0 Å². The van der Waals surface area contributed by atoms with E-state index in [9.17, 15) is 4.79 Å². The lowest BCUT2D eigenvalue weighted by Crippen LogP contribution is -2.34. The fourth-order valence-electron chi connectivity index (χ4n) is 0.389. The molecular weight excluding hydrogens is 154 g/mol. The average Bonchev–Trinajstić information content (AvgIpc) is 1.82. The van der Waals surface area contributed by atoms with E-state index in [2.05, 4.69) is 5.32 Å². The van der Waals surface area contributed by atoms with Gasteiger partial charge in [0.05, 0.1) is 6.10 Å². The molecule has 0 aromatic carbocycles. The predicted molar refractivity (Wildman–Crippen MR) is 40.0 cm³/mol. The van der Waals surface area contributed by atoms with Crippen LogP contribution in [0.5, 0.6) is 0 Å². The van der Waals surface area contributed by atoms with Gasteiger partial charge in [-0.3, -0.25) is 4.79 Å². The average molecular weight is 166 g/mol. The maximum Gasteiger partial charge on any atom is 0.237 e. The molecule has 0 aliphatic heterocycles. The first-order valence-electron chi connectivity index (χ1n) is 3.14. The van der Waals surface area contributed by atoms with Crippen LogP contribution < -0.4 is 5.32 Å². The van der Waals surface area contributed by atoms with E-state index in [-0.39, 0.29) is 12.5 Å². The molecule has 3 nitrogen and oxygen atoms in total. The fourth-order valence-corrected chi connectivity index (χ4v) is 0.466. The van der Waals surface area contributed by atoms with Crippen molar-refractivity contribution in [3.63, 3.8) is 0 Å². The van der Waals surface area contributed by atoms with Crippen LogP contribution in [0.3, 0.4) is 0 Å². The van der Waals surface area contributed by atoms with Gasteiger partial charge in [0.2, 0.25) is 5.91 Å². The van der Waals surface area contributed by atoms with Gasteiger partial charge in [-0.2, -0.15) is 0 Å². The molecule has 1 unspecified atom stereocenters. The van der Waals surface area contributed by atoms with Crippen molar-refractivity contribution < 1.29 is 9.90 Å². The Morgan fingerprint density at radius 3 is 2.50 bits per heavy atom. The lowest BCUT2D eigenvalue weighted by atomic mass is 10.4. The first kappa shape index (κ1) is 9.72. The number of nitrogens with one attached hydrogen (secondary N) is 1. The molecule has 0 saturated heterocycles. The minimum atomic E-state index is -0.529. The normalized spacial score (nSPS) is 16.0. The molecule has 10 heavy (non-hydrogen) atoms. The lowest BCUT2D eigenvalue weighted by molar-refractivity contribution is -0.120. The van der Waals surface area contributed by atoms with Gasteiger partial charge in [-0.05, 0) is 13.8 Å². The highest BCUT2D eigenvalue weighted by Crippen LogP contribution is 1.91. The Morgan fingerprint density at radius 2 is 2.20 bits per heavy atom. The zero-order valence-electron chi connectivity index (χ0n) is 6.10. The third-order valence-electron chi connectivity index (χ3n) is 0.933. The van der Waals surface area contributed by atoms with Gasteiger partial charge in [0.25, 0.3) is 0 Å². The Morgan fingerprint density at radius 1 is 1.70 bits per heavy atom. The smallest absolute Gasteiger partial charge is 0.237 e. The van der Waals surface area contributed by atoms with Crippen LogP contribution in [0.2, 0.25) is 0 Å². The molecule has 2 atom stereocenters. The summed E-state index contributed by atoms with van der Waals surface area (Å²) in [5.74, 6) is -0.248. The highest BCUT2D eigenvalue weighted by molar-refractivity contribution is 6.30. The van der Waals surface area contributed by atoms with Crippen molar-refractivity contribution in [2.45, 2.75) is 25.3 Å². The Bertz CT molecular complexity index is 114. The van der Waals surface area contributed by atoms with Gasteiger partial charge < -0.3 is 10.4 Å². The molecule has 0 aromatic rings. The van der Waals surface area contributed by atoms with Crippen molar-refractivity contribution in [1.29, 1.82) is 0 Å². The third kappa shape index (κ3) is 4.58. The van der Waals surface area contributed by atoms with Crippen molar-refractivity contribution in [3.05, 3.63) is 0 Å². The molecule has 0 radical (unpaired) electrons. The zero-order chi connectivity index (χ0) is 8.15. The molecule has 0 rings (SSSR count). The quantitative estimate of drug-likeness (QED) is 0.584. The minimum absolute atomic E-state index is 0.248. The summed E-state index contributed by atoms with van der Waals surface area (Å²) in [5.41, 5.74) is 0. The summed E-state index contributed by atoms with van der Waals surface area (Å²) in [6.07, 6.45) is -0.514. The highest BCUT2D eigenvalue weighted by atomic mass is 35.5. The Hall–Kier alpha value is -0.280. The molecule has 0 aliphatic carbocycles. The van der Waals surface area contributed by atoms with Gasteiger partial charge >= 0.3 is 0 Å². The molecular formula is C6H12ClNO2. The molecule has 60 valence electrons. The predicted octanol–water partition coefficient (Wildman–Crippen LogP) is 0.111. The van der Waals surface area contributed by atoms with E-state index in [1.54, 1.807) is 13.8 Å². The Balaban J connectivity index is 3.40. The Labute approximate surface area is 65.4 Å². The largest absolute Gasteiger partial charge is 0.392 e. The van der Waals surface area contributed by atoms with Crippen molar-refractivity contribution in [2.75, 3.05) is 6.54 Å². The first-order chi connectivity index (χ1) is 4.54. The van der Waals surface area contributed by atoms with Crippen LogP contribution in [0.15, 0.2) is 0 Å². The molecule has 0 heterocycles. The molecule has 0 bridgehead atoms. The summed E-state index contributed by atoms with van der Waals surface area (Å²) in [4.78, 5) is 10.7. The Kier molecular flexibility index (Phi) is 4.40. The number of aliphatic hydroxyl groups is 1. The number of alkyl halides is 1. The van der Waals surface area contributed by atoms with Gasteiger partial charge in [0, 0.05) is 6.54 Å². The summed E-state index contributed by atoms with van der Waals surface area (Å²) >= 11 is 5.42. The van der Waals surface area contributed by atoms with Crippen LogP contribution in [0.4, 0.5) is 0 Å². The molecule has 0 saturated carbocycles. The van der Waals surface area contributed by atoms with E-state index in [4.69, 9.17) is 16.7 Å². The SMILES string of the molecule is CC(Cl)C(=O)NC[C@@H](C)O. The number of hydrogen-bond acceptors (Lipinski definition) is 2. The second-order valence-electron chi connectivity index (χ2n) is 2.21. The first-order valence-corrected chi connectivity index (χ1v) is 3.57. The van der Waals surface area contributed by atoms with Gasteiger partial charge in [0.15, 0.2) is 0 Å². The van der Waals surface area contributed by atoms with Crippen molar-refractivity contribution in [3.8, 4) is 0 Å². The summed E-state index contributed by atoms with van der Waals surface area (Å²) in [6.45, 7) is 3.44. The van der Waals surface area contributed by atoms with Gasteiger partial charge in [-0.25, -0.2) is 0 Å². The van der Waals surface area contributed by atoms with E-state index >= 15 is 0 Å². The van der Waals surface area contributed by atoms with E-state index in [1.165, 1.54) is 0 Å². The van der Waals surface area contributed by atoms with Gasteiger partial charge in [0.1, 0.15) is 5.38 Å². The summed E-state index contributed by atoms with van der Waals surface area (Å²) < 4.78 is 0. The van der Waals surface area contributed by atoms with Crippen LogP contribution in [0, 0.1) is 0 Å². The molecule has 0 aliphatic rings. The van der Waals surface area contributed by atoms with E-state index in [1.807, 2.05) is 0 Å². The summed E-state index contributed by atoms with van der Waals surface area (Å²) in [5, 5.41) is 10.7. The van der Waals surface area contributed by atoms with Crippen molar-refractivity contribution >= 4 is 17.5 Å². The third-order valence-corrected chi connectivity index (χ3v) is 1.13. The van der Waals surface area contributed by atoms with Gasteiger partial charge in [-0.1, -0.05) is 0 Å². The fraction of sp³-hybridized carbons (Fsp3) is 0.833. The van der Waals surface area contributed by atoms with Crippen LogP contribution in [0.1, 0.15) is 13.8 Å². The molecule has 2 N–H and O–H groups in total. The van der Waals surface area contributed by atoms with Crippen LogP contribution >= 0.6 is 11.6 Å². The topological polar surface area (TPSA) is 49.3 Å². The molecule has 1 amide bonds. The highest BCUT2D eigenvalue weighted by Gasteiger charge is 2.08. The number of amides is 1. The number of halogens is 1. The summed E-state index contributed by atoms with van der Waals surface area (Å²) in [7, 11) is 0. The van der Waals surface area contributed by atoms with Crippen LogP contribution in [-0.2, 0) is 4.79 Å². The van der Waals surface area contributed by atoms with Gasteiger partial charge in [-0.15, -0.1) is 11.6 Å². The van der Waals surface area contributed by atoms with Crippen LogP contribution in [0.25, 0.3) is 0 Å². The molecule has 0 spiro atoms.